The molecule has 0 unspecified atom stereocenters. The number of nitrogens with zero attached hydrogens (tertiary/aromatic N) is 2. The van der Waals surface area contributed by atoms with Crippen molar-refractivity contribution in [2.45, 2.75) is 46.1 Å². The van der Waals surface area contributed by atoms with Gasteiger partial charge >= 0.3 is 11.9 Å². The first kappa shape index (κ1) is 27.1. The van der Waals surface area contributed by atoms with Crippen molar-refractivity contribution in [1.29, 1.82) is 0 Å². The topological polar surface area (TPSA) is 106 Å². The molecule has 1 N–H and O–H groups in total. The molecule has 198 valence electrons. The zero-order valence-corrected chi connectivity index (χ0v) is 23.2. The van der Waals surface area contributed by atoms with E-state index in [1.165, 1.54) is 12.0 Å². The molecule has 1 atom stereocenters. The second-order valence-electron chi connectivity index (χ2n) is 10.1. The lowest BCUT2D eigenvalue weighted by molar-refractivity contribution is -0.132. The number of benzene rings is 2. The van der Waals surface area contributed by atoms with Crippen LogP contribution >= 0.6 is 11.3 Å². The number of aryl methyl sites for hydroxylation is 2. The van der Waals surface area contributed by atoms with Gasteiger partial charge in [-0.25, -0.2) is 9.78 Å². The highest BCUT2D eigenvalue weighted by atomic mass is 32.1. The molecule has 2 heterocycles. The molecular formula is C29H30N2O6S. The van der Waals surface area contributed by atoms with Gasteiger partial charge in [-0.05, 0) is 54.2 Å². The molecule has 38 heavy (non-hydrogen) atoms. The van der Waals surface area contributed by atoms with Crippen molar-refractivity contribution >= 4 is 39.9 Å². The van der Waals surface area contributed by atoms with Gasteiger partial charge in [0.1, 0.15) is 16.4 Å². The molecule has 0 bridgehead atoms. The number of ketones is 1. The maximum atomic E-state index is 13.5. The minimum atomic E-state index is -0.956. The van der Waals surface area contributed by atoms with Gasteiger partial charge in [0.2, 0.25) is 0 Å². The average molecular weight is 535 g/mol. The van der Waals surface area contributed by atoms with Crippen molar-refractivity contribution in [1.82, 2.24) is 4.98 Å². The molecule has 2 aromatic carbocycles. The minimum absolute atomic E-state index is 0.0597. The monoisotopic (exact) mass is 534 g/mol. The van der Waals surface area contributed by atoms with Crippen molar-refractivity contribution in [3.63, 3.8) is 0 Å². The molecular weight excluding hydrogens is 504 g/mol. The number of Topliss-reactive ketones (excluding diaryl/α,β-unsaturated/α-hetero) is 1. The van der Waals surface area contributed by atoms with E-state index < -0.39 is 23.7 Å². The normalized spacial score (nSPS) is 17.1. The first-order valence-corrected chi connectivity index (χ1v) is 12.8. The first-order valence-electron chi connectivity index (χ1n) is 12.0. The largest absolute Gasteiger partial charge is 0.507 e. The van der Waals surface area contributed by atoms with E-state index in [1.54, 1.807) is 32.2 Å². The third kappa shape index (κ3) is 4.69. The summed E-state index contributed by atoms with van der Waals surface area (Å²) in [5, 5.41) is 11.6. The number of methoxy groups -OCH3 is 2. The van der Waals surface area contributed by atoms with Crippen LogP contribution in [0.3, 0.4) is 0 Å². The van der Waals surface area contributed by atoms with Crippen LogP contribution in [0.4, 0.5) is 5.13 Å². The summed E-state index contributed by atoms with van der Waals surface area (Å²) in [6, 6.07) is 11.7. The third-order valence-electron chi connectivity index (χ3n) is 6.57. The number of aromatic nitrogens is 1. The molecule has 9 heteroatoms. The minimum Gasteiger partial charge on any atom is -0.507 e. The van der Waals surface area contributed by atoms with Crippen LogP contribution < -0.4 is 9.64 Å². The van der Waals surface area contributed by atoms with Gasteiger partial charge in [0, 0.05) is 5.56 Å². The van der Waals surface area contributed by atoms with Crippen LogP contribution in [-0.4, -0.2) is 42.0 Å². The van der Waals surface area contributed by atoms with Crippen LogP contribution in [0.1, 0.15) is 64.4 Å². The standard InChI is InChI=1S/C29H30N2O6S/c1-15-14-18(10-13-20(15)36-6)23(32)21-22(17-8-11-19(12-9-17)29(3,4)5)31(26(34)24(21)33)28-30-16(2)25(38-28)27(35)37-7/h8-14,22,32H,1-7H3/t22-/m0/s1. The second kappa shape index (κ2) is 10.1. The Morgan fingerprint density at radius 2 is 1.71 bits per heavy atom. The third-order valence-corrected chi connectivity index (χ3v) is 7.70. The summed E-state index contributed by atoms with van der Waals surface area (Å²) < 4.78 is 10.2. The van der Waals surface area contributed by atoms with E-state index in [0.717, 1.165) is 22.5 Å². The molecule has 1 fully saturated rings. The predicted molar refractivity (Wildman–Crippen MR) is 146 cm³/mol. The summed E-state index contributed by atoms with van der Waals surface area (Å²) in [5.41, 5.74) is 3.04. The molecule has 4 rings (SSSR count). The number of esters is 1. The number of hydrogen-bond acceptors (Lipinski definition) is 8. The summed E-state index contributed by atoms with van der Waals surface area (Å²) in [5.74, 6) is -1.93. The fourth-order valence-corrected chi connectivity index (χ4v) is 5.47. The lowest BCUT2D eigenvalue weighted by Crippen LogP contribution is -2.29. The Bertz CT molecular complexity index is 1460. The van der Waals surface area contributed by atoms with Crippen LogP contribution in [0.15, 0.2) is 48.0 Å². The fourth-order valence-electron chi connectivity index (χ4n) is 4.46. The van der Waals surface area contributed by atoms with Crippen molar-refractivity contribution < 1.29 is 29.0 Å². The zero-order valence-electron chi connectivity index (χ0n) is 22.4. The van der Waals surface area contributed by atoms with Gasteiger partial charge in [-0.15, -0.1) is 0 Å². The number of ether oxygens (including phenoxy) is 2. The van der Waals surface area contributed by atoms with E-state index in [4.69, 9.17) is 9.47 Å². The molecule has 0 radical (unpaired) electrons. The van der Waals surface area contributed by atoms with Crippen molar-refractivity contribution in [2.24, 2.45) is 0 Å². The summed E-state index contributed by atoms with van der Waals surface area (Å²) in [4.78, 5) is 45.1. The lowest BCUT2D eigenvalue weighted by Gasteiger charge is -2.25. The van der Waals surface area contributed by atoms with Gasteiger partial charge < -0.3 is 14.6 Å². The van der Waals surface area contributed by atoms with Gasteiger partial charge in [0.15, 0.2) is 5.13 Å². The lowest BCUT2D eigenvalue weighted by atomic mass is 9.85. The average Bonchev–Trinajstić information content (AvgIpc) is 3.39. The molecule has 0 saturated carbocycles. The smallest absolute Gasteiger partial charge is 0.350 e. The highest BCUT2D eigenvalue weighted by Crippen LogP contribution is 2.44. The summed E-state index contributed by atoms with van der Waals surface area (Å²) in [7, 11) is 2.81. The Kier molecular flexibility index (Phi) is 7.16. The second-order valence-corrected chi connectivity index (χ2v) is 11.1. The molecule has 1 aliphatic heterocycles. The van der Waals surface area contributed by atoms with Crippen LogP contribution in [0.25, 0.3) is 5.76 Å². The zero-order chi connectivity index (χ0) is 27.9. The van der Waals surface area contributed by atoms with E-state index in [9.17, 15) is 19.5 Å². The number of hydrogen-bond donors (Lipinski definition) is 1. The number of thiazole rings is 1. The number of carbonyl (C=O) groups is 3. The van der Waals surface area contributed by atoms with Gasteiger partial charge in [0.05, 0.1) is 31.5 Å². The van der Waals surface area contributed by atoms with E-state index in [1.807, 2.05) is 31.2 Å². The van der Waals surface area contributed by atoms with Gasteiger partial charge in [-0.1, -0.05) is 56.4 Å². The van der Waals surface area contributed by atoms with E-state index in [-0.39, 0.29) is 26.8 Å². The maximum absolute atomic E-state index is 13.5. The summed E-state index contributed by atoms with van der Waals surface area (Å²) >= 11 is 0.964. The van der Waals surface area contributed by atoms with Gasteiger partial charge in [0.25, 0.3) is 5.78 Å². The molecule has 1 aliphatic rings. The maximum Gasteiger partial charge on any atom is 0.350 e. The van der Waals surface area contributed by atoms with E-state index in [0.29, 0.717) is 22.6 Å². The van der Waals surface area contributed by atoms with Crippen LogP contribution in [0.2, 0.25) is 0 Å². The fraction of sp³-hybridized carbons (Fsp3) is 0.310. The number of aliphatic hydroxyl groups is 1. The number of amides is 1. The summed E-state index contributed by atoms with van der Waals surface area (Å²) in [6.07, 6.45) is 0. The molecule has 1 aromatic heterocycles. The number of anilines is 1. The van der Waals surface area contributed by atoms with Crippen LogP contribution in [-0.2, 0) is 19.7 Å². The molecule has 1 amide bonds. The van der Waals surface area contributed by atoms with Crippen molar-refractivity contribution in [2.75, 3.05) is 19.1 Å². The van der Waals surface area contributed by atoms with Crippen molar-refractivity contribution in [3.05, 3.63) is 80.9 Å². The quantitative estimate of drug-likeness (QED) is 0.200. The highest BCUT2D eigenvalue weighted by molar-refractivity contribution is 7.17. The predicted octanol–water partition coefficient (Wildman–Crippen LogP) is 5.48. The molecule has 0 spiro atoms. The number of aliphatic hydroxyl groups excluding tert-OH is 1. The van der Waals surface area contributed by atoms with E-state index >= 15 is 0 Å². The van der Waals surface area contributed by atoms with E-state index in [2.05, 4.69) is 25.8 Å². The summed E-state index contributed by atoms with van der Waals surface area (Å²) in [6.45, 7) is 9.73. The highest BCUT2D eigenvalue weighted by Gasteiger charge is 2.48. The Hall–Kier alpha value is -3.98. The van der Waals surface area contributed by atoms with Crippen LogP contribution in [0, 0.1) is 13.8 Å². The van der Waals surface area contributed by atoms with Gasteiger partial charge in [-0.2, -0.15) is 0 Å². The molecule has 8 nitrogen and oxygen atoms in total. The number of carbonyl (C=O) groups excluding carboxylic acids is 3. The Morgan fingerprint density at radius 1 is 1.05 bits per heavy atom. The van der Waals surface area contributed by atoms with Crippen LogP contribution in [0.5, 0.6) is 5.75 Å². The molecule has 3 aromatic rings. The van der Waals surface area contributed by atoms with Gasteiger partial charge in [-0.3, -0.25) is 14.5 Å². The first-order chi connectivity index (χ1) is 17.9. The molecule has 0 aliphatic carbocycles. The molecule has 1 saturated heterocycles. The SMILES string of the molecule is COC(=O)c1sc(N2C(=O)C(=O)C(=C(O)c3ccc(OC)c(C)c3)[C@@H]2c2ccc(C(C)(C)C)cc2)nc1C. The Labute approximate surface area is 225 Å². The Morgan fingerprint density at radius 3 is 2.26 bits per heavy atom. The van der Waals surface area contributed by atoms with Crippen molar-refractivity contribution in [3.8, 4) is 5.75 Å². The Balaban J connectivity index is 1.94. The number of rotatable bonds is 5.